The summed E-state index contributed by atoms with van der Waals surface area (Å²) in [5.41, 5.74) is 4.23. The maximum Gasteiger partial charge on any atom is 0.159 e. The second-order valence-corrected chi connectivity index (χ2v) is 6.01. The van der Waals surface area contributed by atoms with Crippen LogP contribution >= 0.6 is 0 Å². The zero-order valence-corrected chi connectivity index (χ0v) is 12.2. The van der Waals surface area contributed by atoms with Crippen molar-refractivity contribution in [3.63, 3.8) is 0 Å². The van der Waals surface area contributed by atoms with Gasteiger partial charge in [0.25, 0.3) is 0 Å². The largest absolute Gasteiger partial charge is 0.265 e. The summed E-state index contributed by atoms with van der Waals surface area (Å²) in [7, 11) is 0. The molecule has 0 fully saturated rings. The highest BCUT2D eigenvalue weighted by Crippen LogP contribution is 2.43. The quantitative estimate of drug-likeness (QED) is 0.806. The number of hydrogen-bond donors (Lipinski definition) is 0. The topological polar surface area (TPSA) is 62.5 Å². The molecule has 0 amide bonds. The standard InChI is InChI=1S/C18H16N4/c19-10-12-1-2-13-3-4-15-11-21-18(14-5-7-20-8-6-14)22-17(15)16(13)9-12/h5-9,11,13,16H,1-4H2. The van der Waals surface area contributed by atoms with E-state index in [9.17, 15) is 5.26 Å². The van der Waals surface area contributed by atoms with E-state index in [-0.39, 0.29) is 5.92 Å². The van der Waals surface area contributed by atoms with E-state index >= 15 is 0 Å². The normalized spacial score (nSPS) is 23.0. The molecule has 0 N–H and O–H groups in total. The van der Waals surface area contributed by atoms with E-state index in [2.05, 4.69) is 22.1 Å². The number of hydrogen-bond acceptors (Lipinski definition) is 4. The molecule has 108 valence electrons. The van der Waals surface area contributed by atoms with Gasteiger partial charge in [-0.1, -0.05) is 6.08 Å². The molecule has 22 heavy (non-hydrogen) atoms. The van der Waals surface area contributed by atoms with Crippen molar-refractivity contribution in [2.75, 3.05) is 0 Å². The lowest BCUT2D eigenvalue weighted by molar-refractivity contribution is 0.368. The van der Waals surface area contributed by atoms with Crippen LogP contribution in [-0.2, 0) is 6.42 Å². The predicted octanol–water partition coefficient (Wildman–Crippen LogP) is 3.43. The molecule has 4 heteroatoms. The molecular weight excluding hydrogens is 272 g/mol. The van der Waals surface area contributed by atoms with E-state index in [1.165, 1.54) is 12.0 Å². The highest BCUT2D eigenvalue weighted by atomic mass is 14.9. The van der Waals surface area contributed by atoms with Crippen LogP contribution in [0.25, 0.3) is 11.4 Å². The predicted molar refractivity (Wildman–Crippen MR) is 82.7 cm³/mol. The monoisotopic (exact) mass is 288 g/mol. The molecule has 0 bridgehead atoms. The molecule has 2 unspecified atom stereocenters. The van der Waals surface area contributed by atoms with Crippen molar-refractivity contribution in [3.05, 3.63) is 53.6 Å². The SMILES string of the molecule is N#CC1=CC2c3nc(-c4ccncc4)ncc3CCC2CC1. The minimum Gasteiger partial charge on any atom is -0.265 e. The lowest BCUT2D eigenvalue weighted by atomic mass is 9.72. The summed E-state index contributed by atoms with van der Waals surface area (Å²) in [6, 6.07) is 6.18. The van der Waals surface area contributed by atoms with Gasteiger partial charge >= 0.3 is 0 Å². The van der Waals surface area contributed by atoms with Gasteiger partial charge in [0, 0.05) is 35.6 Å². The first-order valence-corrected chi connectivity index (χ1v) is 7.72. The summed E-state index contributed by atoms with van der Waals surface area (Å²) < 4.78 is 0. The summed E-state index contributed by atoms with van der Waals surface area (Å²) in [4.78, 5) is 13.4. The molecule has 0 saturated carbocycles. The molecule has 0 radical (unpaired) electrons. The van der Waals surface area contributed by atoms with Crippen LogP contribution in [0.4, 0.5) is 0 Å². The van der Waals surface area contributed by atoms with E-state index in [4.69, 9.17) is 4.98 Å². The lowest BCUT2D eigenvalue weighted by Crippen LogP contribution is -2.24. The third-order valence-corrected chi connectivity index (χ3v) is 4.75. The molecular formula is C18H16N4. The highest BCUT2D eigenvalue weighted by Gasteiger charge is 2.32. The number of allylic oxidation sites excluding steroid dienone is 2. The van der Waals surface area contributed by atoms with Crippen molar-refractivity contribution in [1.82, 2.24) is 15.0 Å². The Bertz CT molecular complexity index is 773. The van der Waals surface area contributed by atoms with Gasteiger partial charge in [-0.3, -0.25) is 4.98 Å². The van der Waals surface area contributed by atoms with Crippen molar-refractivity contribution in [1.29, 1.82) is 5.26 Å². The Hall–Kier alpha value is -2.54. The third-order valence-electron chi connectivity index (χ3n) is 4.75. The number of nitrogens with zero attached hydrogens (tertiary/aromatic N) is 4. The number of pyridine rings is 1. The minimum absolute atomic E-state index is 0.274. The van der Waals surface area contributed by atoms with Crippen LogP contribution in [0.3, 0.4) is 0 Å². The number of aromatic nitrogens is 3. The first kappa shape index (κ1) is 13.1. The lowest BCUT2D eigenvalue weighted by Gasteiger charge is -2.33. The van der Waals surface area contributed by atoms with Crippen LogP contribution < -0.4 is 0 Å². The van der Waals surface area contributed by atoms with Gasteiger partial charge in [-0.25, -0.2) is 9.97 Å². The Kier molecular flexibility index (Phi) is 3.19. The van der Waals surface area contributed by atoms with Crippen LogP contribution in [0.1, 0.15) is 36.4 Å². The molecule has 2 atom stereocenters. The van der Waals surface area contributed by atoms with Crippen molar-refractivity contribution in [2.45, 2.75) is 31.6 Å². The van der Waals surface area contributed by atoms with Crippen LogP contribution in [0.15, 0.2) is 42.4 Å². The molecule has 2 aromatic rings. The maximum atomic E-state index is 9.20. The summed E-state index contributed by atoms with van der Waals surface area (Å²) in [5, 5.41) is 9.20. The fraction of sp³-hybridized carbons (Fsp3) is 0.333. The number of fused-ring (bicyclic) bond motifs is 3. The van der Waals surface area contributed by atoms with Crippen LogP contribution in [0.5, 0.6) is 0 Å². The van der Waals surface area contributed by atoms with Crippen molar-refractivity contribution in [3.8, 4) is 17.5 Å². The summed E-state index contributed by atoms with van der Waals surface area (Å²) in [5.74, 6) is 1.64. The number of aryl methyl sites for hydroxylation is 1. The summed E-state index contributed by atoms with van der Waals surface area (Å²) in [6.45, 7) is 0. The van der Waals surface area contributed by atoms with E-state index in [1.807, 2.05) is 18.3 Å². The van der Waals surface area contributed by atoms with Gasteiger partial charge < -0.3 is 0 Å². The van der Waals surface area contributed by atoms with Gasteiger partial charge in [0.05, 0.1) is 11.8 Å². The van der Waals surface area contributed by atoms with Gasteiger partial charge in [-0.2, -0.15) is 5.26 Å². The molecule has 0 spiro atoms. The van der Waals surface area contributed by atoms with Crippen molar-refractivity contribution in [2.24, 2.45) is 5.92 Å². The Morgan fingerprint density at radius 1 is 1.14 bits per heavy atom. The number of nitriles is 1. The first-order valence-electron chi connectivity index (χ1n) is 7.72. The third kappa shape index (κ3) is 2.19. The molecule has 2 aliphatic rings. The van der Waals surface area contributed by atoms with Crippen LogP contribution in [0, 0.1) is 17.2 Å². The van der Waals surface area contributed by atoms with E-state index in [0.717, 1.165) is 41.9 Å². The summed E-state index contributed by atoms with van der Waals surface area (Å²) in [6.07, 6.45) is 11.8. The Morgan fingerprint density at radius 3 is 2.77 bits per heavy atom. The average Bonchev–Trinajstić information content (AvgIpc) is 2.61. The molecule has 0 aromatic carbocycles. The fourth-order valence-corrected chi connectivity index (χ4v) is 3.56. The number of rotatable bonds is 1. The maximum absolute atomic E-state index is 9.20. The average molecular weight is 288 g/mol. The molecule has 4 rings (SSSR count). The van der Waals surface area contributed by atoms with Crippen molar-refractivity contribution >= 4 is 0 Å². The second kappa shape index (κ2) is 5.34. The minimum atomic E-state index is 0.274. The first-order chi connectivity index (χ1) is 10.8. The van der Waals surface area contributed by atoms with Crippen LogP contribution in [-0.4, -0.2) is 15.0 Å². The smallest absolute Gasteiger partial charge is 0.159 e. The van der Waals surface area contributed by atoms with Gasteiger partial charge in [-0.15, -0.1) is 0 Å². The van der Waals surface area contributed by atoms with Gasteiger partial charge in [-0.05, 0) is 49.3 Å². The Labute approximate surface area is 129 Å². The molecule has 0 aliphatic heterocycles. The fourth-order valence-electron chi connectivity index (χ4n) is 3.56. The second-order valence-electron chi connectivity index (χ2n) is 6.01. The highest BCUT2D eigenvalue weighted by molar-refractivity contribution is 5.54. The van der Waals surface area contributed by atoms with E-state index in [0.29, 0.717) is 5.92 Å². The van der Waals surface area contributed by atoms with Gasteiger partial charge in [0.1, 0.15) is 0 Å². The van der Waals surface area contributed by atoms with E-state index in [1.54, 1.807) is 12.4 Å². The molecule has 2 heterocycles. The van der Waals surface area contributed by atoms with Crippen molar-refractivity contribution < 1.29 is 0 Å². The zero-order chi connectivity index (χ0) is 14.9. The Morgan fingerprint density at radius 2 is 1.95 bits per heavy atom. The Balaban J connectivity index is 1.80. The molecule has 4 nitrogen and oxygen atoms in total. The zero-order valence-electron chi connectivity index (χ0n) is 12.2. The summed E-state index contributed by atoms with van der Waals surface area (Å²) >= 11 is 0. The molecule has 2 aromatic heterocycles. The van der Waals surface area contributed by atoms with Gasteiger partial charge in [0.2, 0.25) is 0 Å². The molecule has 0 saturated heterocycles. The van der Waals surface area contributed by atoms with Gasteiger partial charge in [0.15, 0.2) is 5.82 Å². The molecule has 2 aliphatic carbocycles. The van der Waals surface area contributed by atoms with E-state index < -0.39 is 0 Å². The van der Waals surface area contributed by atoms with Crippen LogP contribution in [0.2, 0.25) is 0 Å².